The average Bonchev–Trinajstić information content (AvgIpc) is 2.46. The second kappa shape index (κ2) is 6.76. The molecule has 0 bridgehead atoms. The third-order valence-corrected chi connectivity index (χ3v) is 3.77. The Labute approximate surface area is 110 Å². The van der Waals surface area contributed by atoms with E-state index in [0.29, 0.717) is 6.04 Å². The zero-order chi connectivity index (χ0) is 12.8. The van der Waals surface area contributed by atoms with Crippen molar-refractivity contribution in [1.82, 2.24) is 10.6 Å². The Morgan fingerprint density at radius 2 is 2.17 bits per heavy atom. The molecular weight excluding hydrogens is 224 g/mol. The van der Waals surface area contributed by atoms with Gasteiger partial charge in [0.15, 0.2) is 0 Å². The minimum Gasteiger partial charge on any atom is -0.497 e. The molecule has 1 aromatic rings. The molecule has 1 aromatic carbocycles. The van der Waals surface area contributed by atoms with Gasteiger partial charge in [0.05, 0.1) is 7.11 Å². The summed E-state index contributed by atoms with van der Waals surface area (Å²) >= 11 is 0. The van der Waals surface area contributed by atoms with Crippen molar-refractivity contribution >= 4 is 0 Å². The molecule has 2 rings (SSSR count). The van der Waals surface area contributed by atoms with Gasteiger partial charge in [-0.1, -0.05) is 12.1 Å². The minimum atomic E-state index is 0.384. The molecule has 100 valence electrons. The van der Waals surface area contributed by atoms with Crippen LogP contribution >= 0.6 is 0 Å². The van der Waals surface area contributed by atoms with Gasteiger partial charge in [0.25, 0.3) is 0 Å². The van der Waals surface area contributed by atoms with E-state index in [-0.39, 0.29) is 0 Å². The van der Waals surface area contributed by atoms with Crippen LogP contribution in [0.4, 0.5) is 0 Å². The molecule has 1 aliphatic rings. The number of rotatable bonds is 5. The smallest absolute Gasteiger partial charge is 0.119 e. The topological polar surface area (TPSA) is 33.3 Å². The van der Waals surface area contributed by atoms with E-state index < -0.39 is 0 Å². The van der Waals surface area contributed by atoms with E-state index in [4.69, 9.17) is 4.74 Å². The molecule has 1 heterocycles. The van der Waals surface area contributed by atoms with Crippen molar-refractivity contribution in [2.75, 3.05) is 26.7 Å². The summed E-state index contributed by atoms with van der Waals surface area (Å²) in [4.78, 5) is 0. The maximum atomic E-state index is 5.26. The number of piperidine rings is 1. The molecule has 18 heavy (non-hydrogen) atoms. The third kappa shape index (κ3) is 3.72. The highest BCUT2D eigenvalue weighted by Gasteiger charge is 2.14. The summed E-state index contributed by atoms with van der Waals surface area (Å²) < 4.78 is 5.26. The van der Waals surface area contributed by atoms with Gasteiger partial charge >= 0.3 is 0 Å². The van der Waals surface area contributed by atoms with E-state index in [0.717, 1.165) is 18.2 Å². The van der Waals surface area contributed by atoms with Crippen LogP contribution in [-0.2, 0) is 0 Å². The third-order valence-electron chi connectivity index (χ3n) is 3.77. The van der Waals surface area contributed by atoms with Gasteiger partial charge < -0.3 is 15.4 Å². The molecule has 0 amide bonds. The van der Waals surface area contributed by atoms with Crippen molar-refractivity contribution in [2.24, 2.45) is 5.92 Å². The molecule has 0 spiro atoms. The van der Waals surface area contributed by atoms with Crippen molar-refractivity contribution in [3.8, 4) is 5.75 Å². The van der Waals surface area contributed by atoms with Gasteiger partial charge in [-0.3, -0.25) is 0 Å². The van der Waals surface area contributed by atoms with Crippen LogP contribution < -0.4 is 15.4 Å². The van der Waals surface area contributed by atoms with Gasteiger partial charge in [-0.05, 0) is 63.0 Å². The van der Waals surface area contributed by atoms with Crippen molar-refractivity contribution in [1.29, 1.82) is 0 Å². The first kappa shape index (κ1) is 13.4. The van der Waals surface area contributed by atoms with Crippen LogP contribution in [0, 0.1) is 5.92 Å². The molecule has 3 heteroatoms. The number of hydrogen-bond donors (Lipinski definition) is 2. The molecule has 0 radical (unpaired) electrons. The standard InChI is InChI=1S/C15H24N2O/c1-12(14-4-3-5-15(10-14)18-2)17-11-13-6-8-16-9-7-13/h3-5,10,12-13,16-17H,6-9,11H2,1-2H3. The van der Waals surface area contributed by atoms with Crippen LogP contribution in [0.15, 0.2) is 24.3 Å². The zero-order valence-electron chi connectivity index (χ0n) is 11.4. The van der Waals surface area contributed by atoms with E-state index in [1.54, 1.807) is 7.11 Å². The van der Waals surface area contributed by atoms with E-state index in [9.17, 15) is 0 Å². The van der Waals surface area contributed by atoms with Crippen molar-refractivity contribution in [3.63, 3.8) is 0 Å². The Hall–Kier alpha value is -1.06. The number of nitrogens with one attached hydrogen (secondary N) is 2. The first-order chi connectivity index (χ1) is 8.79. The summed E-state index contributed by atoms with van der Waals surface area (Å²) in [6.07, 6.45) is 2.58. The van der Waals surface area contributed by atoms with Crippen LogP contribution in [0.25, 0.3) is 0 Å². The largest absolute Gasteiger partial charge is 0.497 e. The van der Waals surface area contributed by atoms with Gasteiger partial charge in [-0.2, -0.15) is 0 Å². The molecule has 2 N–H and O–H groups in total. The number of ether oxygens (including phenoxy) is 1. The van der Waals surface area contributed by atoms with Crippen molar-refractivity contribution in [2.45, 2.75) is 25.8 Å². The van der Waals surface area contributed by atoms with Crippen LogP contribution in [0.3, 0.4) is 0 Å². The highest BCUT2D eigenvalue weighted by Crippen LogP contribution is 2.19. The SMILES string of the molecule is COc1cccc(C(C)NCC2CCNCC2)c1. The number of methoxy groups -OCH3 is 1. The monoisotopic (exact) mass is 248 g/mol. The lowest BCUT2D eigenvalue weighted by molar-refractivity contribution is 0.344. The van der Waals surface area contributed by atoms with Gasteiger partial charge in [0.2, 0.25) is 0 Å². The fourth-order valence-electron chi connectivity index (χ4n) is 2.46. The lowest BCUT2D eigenvalue weighted by Gasteiger charge is -2.25. The maximum absolute atomic E-state index is 5.26. The van der Waals surface area contributed by atoms with Crippen molar-refractivity contribution < 1.29 is 4.74 Å². The van der Waals surface area contributed by atoms with E-state index in [1.165, 1.54) is 31.5 Å². The Morgan fingerprint density at radius 3 is 2.89 bits per heavy atom. The highest BCUT2D eigenvalue weighted by atomic mass is 16.5. The van der Waals surface area contributed by atoms with E-state index in [2.05, 4.69) is 35.8 Å². The fourth-order valence-corrected chi connectivity index (χ4v) is 2.46. The lowest BCUT2D eigenvalue weighted by atomic mass is 9.97. The quantitative estimate of drug-likeness (QED) is 0.839. The maximum Gasteiger partial charge on any atom is 0.119 e. The predicted molar refractivity (Wildman–Crippen MR) is 75.0 cm³/mol. The van der Waals surface area contributed by atoms with Crippen LogP contribution in [0.5, 0.6) is 5.75 Å². The van der Waals surface area contributed by atoms with Crippen LogP contribution in [-0.4, -0.2) is 26.7 Å². The average molecular weight is 248 g/mol. The molecule has 3 nitrogen and oxygen atoms in total. The molecule has 1 fully saturated rings. The molecule has 1 atom stereocenters. The number of hydrogen-bond acceptors (Lipinski definition) is 3. The summed E-state index contributed by atoms with van der Waals surface area (Å²) in [5, 5.41) is 7.04. The molecule has 1 aliphatic heterocycles. The Balaban J connectivity index is 1.84. The summed E-state index contributed by atoms with van der Waals surface area (Å²) in [7, 11) is 1.71. The normalized spacial score (nSPS) is 18.6. The summed E-state index contributed by atoms with van der Waals surface area (Å²) in [6, 6.07) is 8.69. The van der Waals surface area contributed by atoms with E-state index >= 15 is 0 Å². The molecule has 0 aliphatic carbocycles. The van der Waals surface area contributed by atoms with E-state index in [1.807, 2.05) is 6.07 Å². The predicted octanol–water partition coefficient (Wildman–Crippen LogP) is 2.35. The second-order valence-corrected chi connectivity index (χ2v) is 5.10. The molecule has 0 saturated carbocycles. The van der Waals surface area contributed by atoms with Gasteiger partial charge in [-0.25, -0.2) is 0 Å². The molecule has 1 saturated heterocycles. The van der Waals surface area contributed by atoms with Gasteiger partial charge in [0.1, 0.15) is 5.75 Å². The van der Waals surface area contributed by atoms with Crippen molar-refractivity contribution in [3.05, 3.63) is 29.8 Å². The highest BCUT2D eigenvalue weighted by molar-refractivity contribution is 5.30. The molecule has 0 aromatic heterocycles. The summed E-state index contributed by atoms with van der Waals surface area (Å²) in [5.74, 6) is 1.75. The Kier molecular flexibility index (Phi) is 5.02. The molecule has 1 unspecified atom stereocenters. The van der Waals surface area contributed by atoms with Crippen LogP contribution in [0.1, 0.15) is 31.4 Å². The summed E-state index contributed by atoms with van der Waals surface area (Å²) in [5.41, 5.74) is 1.29. The summed E-state index contributed by atoms with van der Waals surface area (Å²) in [6.45, 7) is 5.66. The molecular formula is C15H24N2O. The Morgan fingerprint density at radius 1 is 1.39 bits per heavy atom. The van der Waals surface area contributed by atoms with Gasteiger partial charge in [-0.15, -0.1) is 0 Å². The number of benzene rings is 1. The van der Waals surface area contributed by atoms with Gasteiger partial charge in [0, 0.05) is 6.04 Å². The van der Waals surface area contributed by atoms with Crippen LogP contribution in [0.2, 0.25) is 0 Å². The first-order valence-electron chi connectivity index (χ1n) is 6.87. The zero-order valence-corrected chi connectivity index (χ0v) is 11.4. The fraction of sp³-hybridized carbons (Fsp3) is 0.600. The Bertz CT molecular complexity index is 361. The lowest BCUT2D eigenvalue weighted by Crippen LogP contribution is -2.34. The minimum absolute atomic E-state index is 0.384. The second-order valence-electron chi connectivity index (χ2n) is 5.10. The first-order valence-corrected chi connectivity index (χ1v) is 6.87.